The largest absolute Gasteiger partial charge is 0.355 e. The molecule has 21 heavy (non-hydrogen) atoms. The van der Waals surface area contributed by atoms with Gasteiger partial charge in [-0.25, -0.2) is 28.5 Å². The van der Waals surface area contributed by atoms with Crippen LogP contribution in [0, 0.1) is 6.92 Å². The molecule has 0 radical (unpaired) electrons. The van der Waals surface area contributed by atoms with Crippen molar-refractivity contribution in [3.05, 3.63) is 24.2 Å². The van der Waals surface area contributed by atoms with Gasteiger partial charge in [-0.1, -0.05) is 0 Å². The quantitative estimate of drug-likeness (QED) is 0.871. The number of primary sulfonamides is 1. The number of anilines is 1. The van der Waals surface area contributed by atoms with Crippen molar-refractivity contribution in [1.29, 1.82) is 0 Å². The Labute approximate surface area is 123 Å². The number of fused-ring (bicyclic) bond motifs is 1. The Balaban J connectivity index is 1.91. The number of nitrogens with zero attached hydrogens (tertiary/aromatic N) is 4. The van der Waals surface area contributed by atoms with Crippen molar-refractivity contribution < 1.29 is 8.42 Å². The molecule has 2 N–H and O–H groups in total. The molecule has 0 atom stereocenters. The van der Waals surface area contributed by atoms with Crippen LogP contribution in [0.2, 0.25) is 0 Å². The second-order valence-corrected chi connectivity index (χ2v) is 7.14. The fraction of sp³-hybridized carbons (Fsp3) is 0.462. The van der Waals surface area contributed by atoms with Crippen molar-refractivity contribution in [3.63, 3.8) is 0 Å². The van der Waals surface area contributed by atoms with E-state index in [1.54, 1.807) is 0 Å². The molecule has 2 aromatic heterocycles. The van der Waals surface area contributed by atoms with Crippen molar-refractivity contribution in [2.24, 2.45) is 5.14 Å². The van der Waals surface area contributed by atoms with Crippen molar-refractivity contribution >= 4 is 26.9 Å². The standard InChI is InChI=1S/C13H17N5O2S/c1-9-2-3-11-12(17-9)13(16-8-15-11)18-6-4-10(5-7-18)21(14,19)20/h2-3,8,10H,4-7H2,1H3,(H2,14,19,20). The van der Waals surface area contributed by atoms with Gasteiger partial charge in [0.05, 0.1) is 10.8 Å². The number of aromatic nitrogens is 3. The number of hydrogen-bond donors (Lipinski definition) is 1. The summed E-state index contributed by atoms with van der Waals surface area (Å²) in [5.41, 5.74) is 2.45. The molecule has 1 fully saturated rings. The highest BCUT2D eigenvalue weighted by atomic mass is 32.2. The van der Waals surface area contributed by atoms with Gasteiger partial charge in [0.2, 0.25) is 10.0 Å². The first-order valence-corrected chi connectivity index (χ1v) is 8.41. The minimum atomic E-state index is -3.46. The number of pyridine rings is 1. The summed E-state index contributed by atoms with van der Waals surface area (Å²) in [4.78, 5) is 15.1. The lowest BCUT2D eigenvalue weighted by Gasteiger charge is -2.31. The number of piperidine rings is 1. The molecule has 3 heterocycles. The van der Waals surface area contributed by atoms with Crippen LogP contribution in [0.4, 0.5) is 5.82 Å². The smallest absolute Gasteiger partial charge is 0.212 e. The molecule has 0 aromatic carbocycles. The zero-order chi connectivity index (χ0) is 15.0. The summed E-state index contributed by atoms with van der Waals surface area (Å²) in [6.07, 6.45) is 2.53. The number of sulfonamides is 1. The Morgan fingerprint density at radius 2 is 1.95 bits per heavy atom. The van der Waals surface area contributed by atoms with E-state index in [9.17, 15) is 8.42 Å². The highest BCUT2D eigenvalue weighted by molar-refractivity contribution is 7.89. The van der Waals surface area contributed by atoms with E-state index in [1.807, 2.05) is 19.1 Å². The molecule has 3 rings (SSSR count). The molecule has 0 aliphatic carbocycles. The van der Waals surface area contributed by atoms with Crippen LogP contribution in [-0.4, -0.2) is 41.7 Å². The van der Waals surface area contributed by atoms with E-state index in [-0.39, 0.29) is 0 Å². The third-order valence-corrected chi connectivity index (χ3v) is 5.21. The van der Waals surface area contributed by atoms with E-state index >= 15 is 0 Å². The summed E-state index contributed by atoms with van der Waals surface area (Å²) in [7, 11) is -3.46. The van der Waals surface area contributed by atoms with E-state index in [1.165, 1.54) is 6.33 Å². The zero-order valence-electron chi connectivity index (χ0n) is 11.7. The van der Waals surface area contributed by atoms with E-state index in [4.69, 9.17) is 5.14 Å². The Morgan fingerprint density at radius 3 is 2.62 bits per heavy atom. The molecule has 1 saturated heterocycles. The zero-order valence-corrected chi connectivity index (χ0v) is 12.5. The van der Waals surface area contributed by atoms with Gasteiger partial charge in [-0.15, -0.1) is 0 Å². The van der Waals surface area contributed by atoms with Gasteiger partial charge in [-0.3, -0.25) is 0 Å². The van der Waals surface area contributed by atoms with Crippen LogP contribution in [0.5, 0.6) is 0 Å². The summed E-state index contributed by atoms with van der Waals surface area (Å²) in [6.45, 7) is 3.12. The molecule has 0 amide bonds. The van der Waals surface area contributed by atoms with Crippen LogP contribution in [0.15, 0.2) is 18.5 Å². The predicted octanol–water partition coefficient (Wildman–Crippen LogP) is 0.591. The van der Waals surface area contributed by atoms with Gasteiger partial charge in [-0.05, 0) is 31.9 Å². The van der Waals surface area contributed by atoms with Gasteiger partial charge in [0, 0.05) is 18.8 Å². The molecule has 0 saturated carbocycles. The lowest BCUT2D eigenvalue weighted by atomic mass is 10.1. The van der Waals surface area contributed by atoms with Crippen molar-refractivity contribution in [2.45, 2.75) is 25.0 Å². The molecule has 0 spiro atoms. The molecule has 1 aliphatic heterocycles. The summed E-state index contributed by atoms with van der Waals surface area (Å²) >= 11 is 0. The molecular formula is C13H17N5O2S. The summed E-state index contributed by atoms with van der Waals surface area (Å²) < 4.78 is 22.8. The first-order chi connectivity index (χ1) is 9.95. The van der Waals surface area contributed by atoms with E-state index in [0.29, 0.717) is 25.9 Å². The summed E-state index contributed by atoms with van der Waals surface area (Å²) in [5, 5.41) is 4.76. The third-order valence-electron chi connectivity index (χ3n) is 3.81. The highest BCUT2D eigenvalue weighted by Crippen LogP contribution is 2.25. The highest BCUT2D eigenvalue weighted by Gasteiger charge is 2.28. The van der Waals surface area contributed by atoms with Crippen LogP contribution < -0.4 is 10.0 Å². The predicted molar refractivity (Wildman–Crippen MR) is 80.4 cm³/mol. The number of nitrogens with two attached hydrogens (primary N) is 1. The Bertz CT molecular complexity index is 769. The van der Waals surface area contributed by atoms with Gasteiger partial charge < -0.3 is 4.90 Å². The summed E-state index contributed by atoms with van der Waals surface area (Å²) in [6, 6.07) is 3.83. The molecule has 0 unspecified atom stereocenters. The van der Waals surface area contributed by atoms with Crippen LogP contribution in [-0.2, 0) is 10.0 Å². The Kier molecular flexibility index (Phi) is 3.50. The lowest BCUT2D eigenvalue weighted by Crippen LogP contribution is -2.42. The molecular weight excluding hydrogens is 290 g/mol. The minimum absolute atomic E-state index is 0.462. The Hall–Kier alpha value is -1.80. The maximum absolute atomic E-state index is 11.4. The second-order valence-electron chi connectivity index (χ2n) is 5.29. The van der Waals surface area contributed by atoms with E-state index < -0.39 is 15.3 Å². The van der Waals surface area contributed by atoms with Gasteiger partial charge in [-0.2, -0.15) is 0 Å². The van der Waals surface area contributed by atoms with Crippen molar-refractivity contribution in [2.75, 3.05) is 18.0 Å². The van der Waals surface area contributed by atoms with Crippen LogP contribution in [0.1, 0.15) is 18.5 Å². The fourth-order valence-electron chi connectivity index (χ4n) is 2.65. The first-order valence-electron chi connectivity index (χ1n) is 6.80. The van der Waals surface area contributed by atoms with E-state index in [2.05, 4.69) is 19.9 Å². The molecule has 8 heteroatoms. The van der Waals surface area contributed by atoms with Gasteiger partial charge in [0.25, 0.3) is 0 Å². The SMILES string of the molecule is Cc1ccc2ncnc(N3CCC(S(N)(=O)=O)CC3)c2n1. The molecule has 7 nitrogen and oxygen atoms in total. The van der Waals surface area contributed by atoms with Crippen LogP contribution in [0.3, 0.4) is 0 Å². The first kappa shape index (κ1) is 14.2. The van der Waals surface area contributed by atoms with Crippen LogP contribution in [0.25, 0.3) is 11.0 Å². The van der Waals surface area contributed by atoms with Gasteiger partial charge in [0.1, 0.15) is 11.8 Å². The third kappa shape index (κ3) is 2.81. The number of rotatable bonds is 2. The topological polar surface area (TPSA) is 102 Å². The van der Waals surface area contributed by atoms with Crippen molar-refractivity contribution in [3.8, 4) is 0 Å². The fourth-order valence-corrected chi connectivity index (χ4v) is 3.52. The van der Waals surface area contributed by atoms with Crippen molar-refractivity contribution in [1.82, 2.24) is 15.0 Å². The average Bonchev–Trinajstić information content (AvgIpc) is 2.46. The maximum Gasteiger partial charge on any atom is 0.212 e. The molecule has 2 aromatic rings. The normalized spacial score (nSPS) is 17.3. The Morgan fingerprint density at radius 1 is 1.24 bits per heavy atom. The second kappa shape index (κ2) is 5.19. The average molecular weight is 307 g/mol. The van der Waals surface area contributed by atoms with E-state index in [0.717, 1.165) is 22.5 Å². The summed E-state index contributed by atoms with van der Waals surface area (Å²) in [5.74, 6) is 0.761. The molecule has 0 bridgehead atoms. The molecule has 1 aliphatic rings. The lowest BCUT2D eigenvalue weighted by molar-refractivity contribution is 0.529. The van der Waals surface area contributed by atoms with Gasteiger partial charge >= 0.3 is 0 Å². The van der Waals surface area contributed by atoms with Crippen LogP contribution >= 0.6 is 0 Å². The number of aryl methyl sites for hydroxylation is 1. The monoisotopic (exact) mass is 307 g/mol. The number of hydrogen-bond acceptors (Lipinski definition) is 6. The molecule has 112 valence electrons. The maximum atomic E-state index is 11.4. The minimum Gasteiger partial charge on any atom is -0.355 e. The van der Waals surface area contributed by atoms with Gasteiger partial charge in [0.15, 0.2) is 5.82 Å².